The van der Waals surface area contributed by atoms with Gasteiger partial charge in [0.05, 0.1) is 0 Å². The molecule has 0 aromatic heterocycles. The molecule has 0 amide bonds. The molecule has 0 radical (unpaired) electrons. The van der Waals surface area contributed by atoms with Gasteiger partial charge in [0.2, 0.25) is 0 Å². The van der Waals surface area contributed by atoms with E-state index in [1.807, 2.05) is 0 Å². The van der Waals surface area contributed by atoms with E-state index in [1.165, 1.54) is 44.9 Å². The summed E-state index contributed by atoms with van der Waals surface area (Å²) >= 11 is 0. The average Bonchev–Trinajstić information content (AvgIpc) is 2.75. The van der Waals surface area contributed by atoms with E-state index in [0.717, 1.165) is 11.8 Å². The molecule has 1 heteroatoms. The van der Waals surface area contributed by atoms with Crippen LogP contribution in [0.25, 0.3) is 0 Å². The maximum Gasteiger partial charge on any atom is 0.133 e. The lowest BCUT2D eigenvalue weighted by Gasteiger charge is -1.99. The van der Waals surface area contributed by atoms with Gasteiger partial charge < -0.3 is 0 Å². The molecule has 2 aliphatic rings. The molecule has 0 aromatic carbocycles. The van der Waals surface area contributed by atoms with Crippen LogP contribution in [-0.4, -0.2) is 5.78 Å². The summed E-state index contributed by atoms with van der Waals surface area (Å²) in [6, 6.07) is 0. The molecule has 0 saturated heterocycles. The molecule has 0 aliphatic heterocycles. The number of Topliss-reactive ketones (excluding diaryl/α,β-unsaturated/α-hetero) is 1. The van der Waals surface area contributed by atoms with Crippen LogP contribution in [0.2, 0.25) is 0 Å². The number of rotatable bonds is 1. The Balaban J connectivity index is 1.90. The molecule has 2 atom stereocenters. The zero-order valence-electron chi connectivity index (χ0n) is 8.59. The van der Waals surface area contributed by atoms with Crippen LogP contribution in [0.3, 0.4) is 0 Å². The average molecular weight is 180 g/mol. The van der Waals surface area contributed by atoms with Crippen LogP contribution in [0.4, 0.5) is 0 Å². The van der Waals surface area contributed by atoms with Crippen molar-refractivity contribution in [3.8, 4) is 0 Å². The van der Waals surface area contributed by atoms with Gasteiger partial charge in [-0.1, -0.05) is 32.1 Å². The van der Waals surface area contributed by atoms with Crippen molar-refractivity contribution in [2.24, 2.45) is 17.8 Å². The standard InChI is InChI=1S/C12H20O/c1-9(13)12-10-7-5-3-2-4-6-8-11(10)12/h10-12H,2-8H2,1H3. The lowest BCUT2D eigenvalue weighted by Crippen LogP contribution is -1.97. The van der Waals surface area contributed by atoms with Gasteiger partial charge in [-0.15, -0.1) is 0 Å². The molecule has 2 fully saturated rings. The smallest absolute Gasteiger partial charge is 0.133 e. The van der Waals surface area contributed by atoms with Gasteiger partial charge in [-0.3, -0.25) is 4.79 Å². The number of hydrogen-bond acceptors (Lipinski definition) is 1. The molecule has 0 spiro atoms. The van der Waals surface area contributed by atoms with E-state index >= 15 is 0 Å². The van der Waals surface area contributed by atoms with Crippen molar-refractivity contribution in [3.05, 3.63) is 0 Å². The first kappa shape index (κ1) is 9.23. The molecule has 0 bridgehead atoms. The first-order valence-electron chi connectivity index (χ1n) is 5.81. The second-order valence-electron chi connectivity index (χ2n) is 4.81. The number of fused-ring (bicyclic) bond motifs is 1. The Morgan fingerprint density at radius 1 is 0.923 bits per heavy atom. The van der Waals surface area contributed by atoms with E-state index in [2.05, 4.69) is 0 Å². The lowest BCUT2D eigenvalue weighted by atomic mass is 10.1. The number of hydrogen-bond donors (Lipinski definition) is 0. The number of carbonyl (C=O) groups excluding carboxylic acids is 1. The summed E-state index contributed by atoms with van der Waals surface area (Å²) < 4.78 is 0. The van der Waals surface area contributed by atoms with E-state index in [4.69, 9.17) is 0 Å². The monoisotopic (exact) mass is 180 g/mol. The molecule has 1 nitrogen and oxygen atoms in total. The van der Waals surface area contributed by atoms with E-state index in [9.17, 15) is 4.79 Å². The third kappa shape index (κ3) is 1.95. The van der Waals surface area contributed by atoms with Crippen molar-refractivity contribution >= 4 is 5.78 Å². The van der Waals surface area contributed by atoms with Crippen LogP contribution in [0.5, 0.6) is 0 Å². The van der Waals surface area contributed by atoms with Crippen molar-refractivity contribution in [2.45, 2.75) is 51.9 Å². The van der Waals surface area contributed by atoms with Crippen LogP contribution in [0.1, 0.15) is 51.9 Å². The van der Waals surface area contributed by atoms with Crippen molar-refractivity contribution in [1.82, 2.24) is 0 Å². The van der Waals surface area contributed by atoms with Gasteiger partial charge in [-0.2, -0.15) is 0 Å². The van der Waals surface area contributed by atoms with E-state index in [1.54, 1.807) is 6.92 Å². The molecule has 2 rings (SSSR count). The van der Waals surface area contributed by atoms with Crippen LogP contribution >= 0.6 is 0 Å². The highest BCUT2D eigenvalue weighted by Gasteiger charge is 2.51. The Morgan fingerprint density at radius 3 is 1.85 bits per heavy atom. The van der Waals surface area contributed by atoms with Crippen LogP contribution in [0, 0.1) is 17.8 Å². The summed E-state index contributed by atoms with van der Waals surface area (Å²) in [5.41, 5.74) is 0. The summed E-state index contributed by atoms with van der Waals surface area (Å²) in [6.45, 7) is 1.78. The molecule has 2 unspecified atom stereocenters. The van der Waals surface area contributed by atoms with Crippen LogP contribution in [-0.2, 0) is 4.79 Å². The lowest BCUT2D eigenvalue weighted by molar-refractivity contribution is -0.118. The van der Waals surface area contributed by atoms with Crippen molar-refractivity contribution in [2.75, 3.05) is 0 Å². The summed E-state index contributed by atoms with van der Waals surface area (Å²) in [7, 11) is 0. The molecule has 0 heterocycles. The van der Waals surface area contributed by atoms with Gasteiger partial charge in [0.1, 0.15) is 5.78 Å². The molecular weight excluding hydrogens is 160 g/mol. The number of carbonyl (C=O) groups is 1. The minimum atomic E-state index is 0.454. The largest absolute Gasteiger partial charge is 0.300 e. The van der Waals surface area contributed by atoms with E-state index in [-0.39, 0.29) is 0 Å². The van der Waals surface area contributed by atoms with Gasteiger partial charge >= 0.3 is 0 Å². The summed E-state index contributed by atoms with van der Waals surface area (Å²) in [4.78, 5) is 11.3. The summed E-state index contributed by atoms with van der Waals surface area (Å²) in [6.07, 6.45) is 9.60. The minimum Gasteiger partial charge on any atom is -0.300 e. The third-order valence-electron chi connectivity index (χ3n) is 3.88. The Bertz CT molecular complexity index is 183. The molecule has 74 valence electrons. The highest BCUT2D eigenvalue weighted by molar-refractivity contribution is 5.81. The Morgan fingerprint density at radius 2 is 1.38 bits per heavy atom. The van der Waals surface area contributed by atoms with Gasteiger partial charge in [0.25, 0.3) is 0 Å². The van der Waals surface area contributed by atoms with Gasteiger partial charge in [0, 0.05) is 5.92 Å². The van der Waals surface area contributed by atoms with Gasteiger partial charge in [-0.05, 0) is 31.6 Å². The maximum atomic E-state index is 11.3. The maximum absolute atomic E-state index is 11.3. The van der Waals surface area contributed by atoms with Crippen molar-refractivity contribution < 1.29 is 4.79 Å². The first-order valence-corrected chi connectivity index (χ1v) is 5.81. The molecule has 0 N–H and O–H groups in total. The summed E-state index contributed by atoms with van der Waals surface area (Å²) in [5, 5.41) is 0. The molecule has 13 heavy (non-hydrogen) atoms. The Labute approximate surface area is 80.9 Å². The molecule has 2 aliphatic carbocycles. The van der Waals surface area contributed by atoms with Gasteiger partial charge in [-0.25, -0.2) is 0 Å². The third-order valence-corrected chi connectivity index (χ3v) is 3.88. The van der Waals surface area contributed by atoms with Crippen molar-refractivity contribution in [1.29, 1.82) is 0 Å². The van der Waals surface area contributed by atoms with E-state index < -0.39 is 0 Å². The molecule has 0 aromatic rings. The quantitative estimate of drug-likeness (QED) is 0.605. The fraction of sp³-hybridized carbons (Fsp3) is 0.917. The van der Waals surface area contributed by atoms with Crippen LogP contribution < -0.4 is 0 Å². The topological polar surface area (TPSA) is 17.1 Å². The van der Waals surface area contributed by atoms with Gasteiger partial charge in [0.15, 0.2) is 0 Å². The SMILES string of the molecule is CC(=O)C1C2CCCCCCCC21. The highest BCUT2D eigenvalue weighted by Crippen LogP contribution is 2.53. The normalized spacial score (nSPS) is 39.6. The highest BCUT2D eigenvalue weighted by atomic mass is 16.1. The second kappa shape index (κ2) is 3.81. The Hall–Kier alpha value is -0.330. The predicted octanol–water partition coefficient (Wildman–Crippen LogP) is 3.18. The first-order chi connectivity index (χ1) is 6.30. The molecule has 2 saturated carbocycles. The second-order valence-corrected chi connectivity index (χ2v) is 4.81. The molecular formula is C12H20O. The zero-order valence-corrected chi connectivity index (χ0v) is 8.59. The zero-order chi connectivity index (χ0) is 9.26. The van der Waals surface area contributed by atoms with Crippen molar-refractivity contribution in [3.63, 3.8) is 0 Å². The predicted molar refractivity (Wildman–Crippen MR) is 53.5 cm³/mol. The fourth-order valence-corrected chi connectivity index (χ4v) is 3.13. The Kier molecular flexibility index (Phi) is 2.71. The van der Waals surface area contributed by atoms with Crippen LogP contribution in [0.15, 0.2) is 0 Å². The minimum absolute atomic E-state index is 0.454. The summed E-state index contributed by atoms with van der Waals surface area (Å²) in [5.74, 6) is 2.50. The fourth-order valence-electron chi connectivity index (χ4n) is 3.13. The van der Waals surface area contributed by atoms with E-state index in [0.29, 0.717) is 11.7 Å². The number of ketones is 1.